The maximum atomic E-state index is 12.6. The number of non-ortho nitro benzene ring substituents is 1. The number of hydrogen-bond acceptors (Lipinski definition) is 5. The maximum absolute atomic E-state index is 12.6. The van der Waals surface area contributed by atoms with E-state index in [2.05, 4.69) is 10.3 Å². The van der Waals surface area contributed by atoms with Gasteiger partial charge in [-0.25, -0.2) is 4.98 Å². The second-order valence-electron chi connectivity index (χ2n) is 6.23. The van der Waals surface area contributed by atoms with Crippen molar-refractivity contribution in [3.63, 3.8) is 0 Å². The van der Waals surface area contributed by atoms with Gasteiger partial charge in [0.05, 0.1) is 22.5 Å². The van der Waals surface area contributed by atoms with Gasteiger partial charge in [-0.15, -0.1) is 0 Å². The summed E-state index contributed by atoms with van der Waals surface area (Å²) in [4.78, 5) is 27.6. The monoisotopic (exact) mass is 388 g/mol. The molecule has 1 heterocycles. The molecule has 29 heavy (non-hydrogen) atoms. The van der Waals surface area contributed by atoms with Gasteiger partial charge in [-0.2, -0.15) is 0 Å². The van der Waals surface area contributed by atoms with E-state index in [1.54, 1.807) is 36.4 Å². The lowest BCUT2D eigenvalue weighted by molar-refractivity contribution is -0.383. The van der Waals surface area contributed by atoms with Gasteiger partial charge in [0, 0.05) is 6.07 Å². The number of amides is 1. The van der Waals surface area contributed by atoms with Crippen LogP contribution in [0.4, 0.5) is 11.4 Å². The number of ether oxygens (including phenoxy) is 1. The Labute approximate surface area is 165 Å². The number of para-hydroxylation sites is 4. The summed E-state index contributed by atoms with van der Waals surface area (Å²) in [5.41, 5.74) is 1.17. The number of hydrogen-bond donors (Lipinski definition) is 1. The fourth-order valence-electron chi connectivity index (χ4n) is 2.99. The lowest BCUT2D eigenvalue weighted by Crippen LogP contribution is -2.18. The normalized spacial score (nSPS) is 10.6. The first kappa shape index (κ1) is 18.2. The summed E-state index contributed by atoms with van der Waals surface area (Å²) in [6, 6.07) is 20.9. The van der Waals surface area contributed by atoms with Crippen LogP contribution in [0.1, 0.15) is 0 Å². The molecule has 0 spiro atoms. The molecule has 4 rings (SSSR count). The van der Waals surface area contributed by atoms with Gasteiger partial charge in [0.25, 0.3) is 5.69 Å². The molecule has 4 aromatic rings. The largest absolute Gasteiger partial charge is 0.455 e. The first-order chi connectivity index (χ1) is 14.1. The van der Waals surface area contributed by atoms with Crippen LogP contribution in [0, 0.1) is 10.1 Å². The van der Waals surface area contributed by atoms with E-state index in [-0.39, 0.29) is 18.1 Å². The first-order valence-electron chi connectivity index (χ1n) is 8.82. The summed E-state index contributed by atoms with van der Waals surface area (Å²) in [6.45, 7) is -0.124. The molecule has 0 fully saturated rings. The molecule has 1 N–H and O–H groups in total. The van der Waals surface area contributed by atoms with Crippen molar-refractivity contribution < 1.29 is 14.5 Å². The van der Waals surface area contributed by atoms with Crippen molar-refractivity contribution in [3.05, 3.63) is 89.2 Å². The van der Waals surface area contributed by atoms with Crippen LogP contribution in [0.25, 0.3) is 11.0 Å². The summed E-state index contributed by atoms with van der Waals surface area (Å²) >= 11 is 0. The lowest BCUT2D eigenvalue weighted by Gasteiger charge is -2.12. The number of nitro groups is 1. The van der Waals surface area contributed by atoms with Gasteiger partial charge in [-0.05, 0) is 30.3 Å². The average Bonchev–Trinajstić information content (AvgIpc) is 3.13. The number of benzene rings is 3. The van der Waals surface area contributed by atoms with Gasteiger partial charge in [-0.3, -0.25) is 14.9 Å². The molecule has 0 bridgehead atoms. The lowest BCUT2D eigenvalue weighted by atomic mass is 10.2. The zero-order valence-corrected chi connectivity index (χ0v) is 15.2. The van der Waals surface area contributed by atoms with Gasteiger partial charge >= 0.3 is 0 Å². The summed E-state index contributed by atoms with van der Waals surface area (Å²) in [7, 11) is 0. The van der Waals surface area contributed by atoms with Crippen LogP contribution in [0.5, 0.6) is 11.5 Å². The molecular weight excluding hydrogens is 372 g/mol. The number of nitro benzene ring substituents is 1. The number of imidazole rings is 1. The highest BCUT2D eigenvalue weighted by Crippen LogP contribution is 2.29. The summed E-state index contributed by atoms with van der Waals surface area (Å²) < 4.78 is 7.30. The molecule has 1 amide bonds. The van der Waals surface area contributed by atoms with Crippen LogP contribution in [-0.4, -0.2) is 20.4 Å². The molecular formula is C21H16N4O4. The molecule has 0 aliphatic carbocycles. The second kappa shape index (κ2) is 7.81. The predicted molar refractivity (Wildman–Crippen MR) is 108 cm³/mol. The smallest absolute Gasteiger partial charge is 0.295 e. The summed E-state index contributed by atoms with van der Waals surface area (Å²) in [5, 5.41) is 14.1. The van der Waals surface area contributed by atoms with E-state index in [0.29, 0.717) is 28.2 Å². The zero-order valence-electron chi connectivity index (χ0n) is 15.2. The van der Waals surface area contributed by atoms with Crippen molar-refractivity contribution in [2.24, 2.45) is 0 Å². The molecule has 8 heteroatoms. The Hall–Kier alpha value is -4.20. The van der Waals surface area contributed by atoms with Crippen molar-refractivity contribution in [1.82, 2.24) is 9.55 Å². The number of nitrogens with one attached hydrogen (secondary N) is 1. The van der Waals surface area contributed by atoms with E-state index in [1.165, 1.54) is 17.0 Å². The van der Waals surface area contributed by atoms with Crippen LogP contribution >= 0.6 is 0 Å². The van der Waals surface area contributed by atoms with E-state index >= 15 is 0 Å². The van der Waals surface area contributed by atoms with Crippen molar-refractivity contribution in [1.29, 1.82) is 0 Å². The quantitative estimate of drug-likeness (QED) is 0.390. The zero-order chi connectivity index (χ0) is 20.2. The minimum Gasteiger partial charge on any atom is -0.455 e. The second-order valence-corrected chi connectivity index (χ2v) is 6.23. The van der Waals surface area contributed by atoms with Crippen LogP contribution in [0.3, 0.4) is 0 Å². The van der Waals surface area contributed by atoms with Crippen molar-refractivity contribution in [2.75, 3.05) is 5.32 Å². The highest BCUT2D eigenvalue weighted by Gasteiger charge is 2.18. The van der Waals surface area contributed by atoms with E-state index in [4.69, 9.17) is 4.74 Å². The van der Waals surface area contributed by atoms with Crippen LogP contribution in [-0.2, 0) is 11.3 Å². The van der Waals surface area contributed by atoms with E-state index in [0.717, 1.165) is 0 Å². The number of carbonyl (C=O) groups is 1. The van der Waals surface area contributed by atoms with Gasteiger partial charge in [0.2, 0.25) is 5.91 Å². The van der Waals surface area contributed by atoms with Gasteiger partial charge in [0.1, 0.15) is 17.8 Å². The van der Waals surface area contributed by atoms with Crippen molar-refractivity contribution in [3.8, 4) is 11.5 Å². The predicted octanol–water partition coefficient (Wildman–Crippen LogP) is 4.38. The van der Waals surface area contributed by atoms with Crippen LogP contribution in [0.2, 0.25) is 0 Å². The van der Waals surface area contributed by atoms with Gasteiger partial charge in [-0.1, -0.05) is 36.4 Å². The Morgan fingerprint density at radius 2 is 1.79 bits per heavy atom. The third-order valence-electron chi connectivity index (χ3n) is 4.26. The van der Waals surface area contributed by atoms with E-state index < -0.39 is 4.92 Å². The third-order valence-corrected chi connectivity index (χ3v) is 4.26. The molecule has 144 valence electrons. The fourth-order valence-corrected chi connectivity index (χ4v) is 2.99. The minimum atomic E-state index is -0.485. The van der Waals surface area contributed by atoms with Crippen molar-refractivity contribution >= 4 is 28.3 Å². The molecule has 0 radical (unpaired) electrons. The molecule has 0 atom stereocenters. The number of nitrogens with zero attached hydrogens (tertiary/aromatic N) is 3. The molecule has 8 nitrogen and oxygen atoms in total. The number of fused-ring (bicyclic) bond motifs is 1. The first-order valence-corrected chi connectivity index (χ1v) is 8.82. The molecule has 1 aromatic heterocycles. The Bertz CT molecular complexity index is 1190. The fraction of sp³-hybridized carbons (Fsp3) is 0.0476. The standard InChI is InChI=1S/C21H16N4O4/c26-20(13-24-14-22-17-10-6-11-18(21(17)24)25(27)28)23-16-9-4-5-12-19(16)29-15-7-2-1-3-8-15/h1-12,14H,13H2,(H,23,26). The topological polar surface area (TPSA) is 99.3 Å². The Morgan fingerprint density at radius 1 is 1.03 bits per heavy atom. The number of carbonyl (C=O) groups excluding carboxylic acids is 1. The SMILES string of the molecule is O=C(Cn1cnc2cccc([N+](=O)[O-])c21)Nc1ccccc1Oc1ccccc1. The van der Waals surface area contributed by atoms with E-state index in [1.807, 2.05) is 30.3 Å². The van der Waals surface area contributed by atoms with Gasteiger partial charge in [0.15, 0.2) is 5.75 Å². The van der Waals surface area contributed by atoms with Gasteiger partial charge < -0.3 is 14.6 Å². The van der Waals surface area contributed by atoms with E-state index in [9.17, 15) is 14.9 Å². The van der Waals surface area contributed by atoms with Crippen LogP contribution in [0.15, 0.2) is 79.1 Å². The van der Waals surface area contributed by atoms with Crippen molar-refractivity contribution in [2.45, 2.75) is 6.54 Å². The highest BCUT2D eigenvalue weighted by atomic mass is 16.6. The minimum absolute atomic E-state index is 0.0967. The number of rotatable bonds is 6. The Kier molecular flexibility index (Phi) is 4.90. The number of anilines is 1. The molecule has 0 unspecified atom stereocenters. The Balaban J connectivity index is 1.56. The molecule has 0 saturated carbocycles. The summed E-state index contributed by atoms with van der Waals surface area (Å²) in [6.07, 6.45) is 1.42. The molecule has 3 aromatic carbocycles. The third kappa shape index (κ3) is 3.91. The number of aromatic nitrogens is 2. The van der Waals surface area contributed by atoms with Crippen LogP contribution < -0.4 is 10.1 Å². The Morgan fingerprint density at radius 3 is 2.59 bits per heavy atom. The summed E-state index contributed by atoms with van der Waals surface area (Å²) in [5.74, 6) is 0.783. The molecule has 0 saturated heterocycles. The highest BCUT2D eigenvalue weighted by molar-refractivity contribution is 5.94. The molecule has 0 aliphatic rings. The molecule has 0 aliphatic heterocycles. The maximum Gasteiger partial charge on any atom is 0.295 e. The average molecular weight is 388 g/mol.